The highest BCUT2D eigenvalue weighted by Crippen LogP contribution is 2.22. The molecule has 1 N–H and O–H groups in total. The Morgan fingerprint density at radius 3 is 2.65 bits per heavy atom. The predicted octanol–water partition coefficient (Wildman–Crippen LogP) is 0.837. The van der Waals surface area contributed by atoms with E-state index in [0.717, 1.165) is 6.42 Å². The SMILES string of the molecule is CC(C)(C)OC(=O)N1CC[C@H](CN2CC(O)CC2=O)C1. The zero-order chi connectivity index (χ0) is 14.9. The van der Waals surface area contributed by atoms with Crippen LogP contribution in [-0.2, 0) is 9.53 Å². The molecule has 0 aliphatic carbocycles. The van der Waals surface area contributed by atoms with Gasteiger partial charge in [-0.15, -0.1) is 0 Å². The fraction of sp³-hybridized carbons (Fsp3) is 0.857. The van der Waals surface area contributed by atoms with Gasteiger partial charge in [-0.2, -0.15) is 0 Å². The van der Waals surface area contributed by atoms with Crippen molar-refractivity contribution < 1.29 is 19.4 Å². The lowest BCUT2D eigenvalue weighted by Crippen LogP contribution is -2.37. The molecule has 2 atom stereocenters. The number of amides is 2. The summed E-state index contributed by atoms with van der Waals surface area (Å²) in [6, 6.07) is 0. The Labute approximate surface area is 119 Å². The van der Waals surface area contributed by atoms with Crippen LogP contribution >= 0.6 is 0 Å². The highest BCUT2D eigenvalue weighted by Gasteiger charge is 2.34. The molecule has 0 bridgehead atoms. The van der Waals surface area contributed by atoms with Crippen LogP contribution in [0.2, 0.25) is 0 Å². The van der Waals surface area contributed by atoms with Gasteiger partial charge in [-0.1, -0.05) is 0 Å². The summed E-state index contributed by atoms with van der Waals surface area (Å²) in [5, 5.41) is 9.46. The minimum atomic E-state index is -0.536. The third kappa shape index (κ3) is 3.85. The Bertz CT molecular complexity index is 391. The molecule has 114 valence electrons. The molecule has 2 saturated heterocycles. The number of ether oxygens (including phenoxy) is 1. The highest BCUT2D eigenvalue weighted by atomic mass is 16.6. The lowest BCUT2D eigenvalue weighted by molar-refractivity contribution is -0.128. The Morgan fingerprint density at radius 1 is 1.40 bits per heavy atom. The average molecular weight is 284 g/mol. The second-order valence-electron chi connectivity index (χ2n) is 6.74. The zero-order valence-corrected chi connectivity index (χ0v) is 12.5. The number of hydrogen-bond donors (Lipinski definition) is 1. The molecule has 2 amide bonds. The number of nitrogens with zero attached hydrogens (tertiary/aromatic N) is 2. The fourth-order valence-corrected chi connectivity index (χ4v) is 2.71. The summed E-state index contributed by atoms with van der Waals surface area (Å²) >= 11 is 0. The summed E-state index contributed by atoms with van der Waals surface area (Å²) < 4.78 is 5.34. The molecule has 1 unspecified atom stereocenters. The van der Waals surface area contributed by atoms with E-state index < -0.39 is 11.7 Å². The van der Waals surface area contributed by atoms with Crippen molar-refractivity contribution in [1.29, 1.82) is 0 Å². The topological polar surface area (TPSA) is 70.1 Å². The molecule has 0 radical (unpaired) electrons. The molecule has 0 spiro atoms. The van der Waals surface area contributed by atoms with E-state index in [2.05, 4.69) is 0 Å². The first kappa shape index (κ1) is 15.1. The molecule has 0 aromatic heterocycles. The van der Waals surface area contributed by atoms with Gasteiger partial charge in [0.05, 0.1) is 12.5 Å². The van der Waals surface area contributed by atoms with Crippen LogP contribution in [0, 0.1) is 5.92 Å². The molecule has 0 aromatic carbocycles. The van der Waals surface area contributed by atoms with Crippen LogP contribution in [0.25, 0.3) is 0 Å². The maximum Gasteiger partial charge on any atom is 0.410 e. The smallest absolute Gasteiger partial charge is 0.410 e. The van der Waals surface area contributed by atoms with Gasteiger partial charge >= 0.3 is 6.09 Å². The van der Waals surface area contributed by atoms with E-state index in [1.54, 1.807) is 9.80 Å². The summed E-state index contributed by atoms with van der Waals surface area (Å²) in [4.78, 5) is 27.0. The van der Waals surface area contributed by atoms with E-state index in [1.807, 2.05) is 20.8 Å². The number of hydrogen-bond acceptors (Lipinski definition) is 4. The molecule has 2 rings (SSSR count). The third-order valence-corrected chi connectivity index (χ3v) is 3.61. The summed E-state index contributed by atoms with van der Waals surface area (Å²) in [5.41, 5.74) is -0.482. The van der Waals surface area contributed by atoms with Gasteiger partial charge in [-0.25, -0.2) is 4.79 Å². The van der Waals surface area contributed by atoms with Gasteiger partial charge in [0, 0.05) is 26.2 Å². The Hall–Kier alpha value is -1.30. The molecule has 2 aliphatic heterocycles. The van der Waals surface area contributed by atoms with E-state index >= 15 is 0 Å². The van der Waals surface area contributed by atoms with Crippen LogP contribution in [0.1, 0.15) is 33.6 Å². The third-order valence-electron chi connectivity index (χ3n) is 3.61. The van der Waals surface area contributed by atoms with Crippen molar-refractivity contribution >= 4 is 12.0 Å². The van der Waals surface area contributed by atoms with Crippen molar-refractivity contribution in [2.24, 2.45) is 5.92 Å². The molecule has 6 heteroatoms. The van der Waals surface area contributed by atoms with Gasteiger partial charge in [0.2, 0.25) is 5.91 Å². The Morgan fingerprint density at radius 2 is 2.10 bits per heavy atom. The van der Waals surface area contributed by atoms with Gasteiger partial charge < -0.3 is 19.6 Å². The molecule has 6 nitrogen and oxygen atoms in total. The second-order valence-corrected chi connectivity index (χ2v) is 6.74. The first-order chi connectivity index (χ1) is 9.24. The van der Waals surface area contributed by atoms with Gasteiger partial charge in [-0.3, -0.25) is 4.79 Å². The predicted molar refractivity (Wildman–Crippen MR) is 73.1 cm³/mol. The first-order valence-corrected chi connectivity index (χ1v) is 7.18. The average Bonchev–Trinajstić information content (AvgIpc) is 2.85. The number of rotatable bonds is 2. The van der Waals surface area contributed by atoms with Crippen LogP contribution in [0.15, 0.2) is 0 Å². The minimum absolute atomic E-state index is 0.00761. The zero-order valence-electron chi connectivity index (χ0n) is 12.5. The number of carbonyl (C=O) groups excluding carboxylic acids is 2. The minimum Gasteiger partial charge on any atom is -0.444 e. The number of aliphatic hydroxyl groups excluding tert-OH is 1. The van der Waals surface area contributed by atoms with Crippen LogP contribution in [-0.4, -0.2) is 64.8 Å². The van der Waals surface area contributed by atoms with Crippen molar-refractivity contribution in [1.82, 2.24) is 9.80 Å². The summed E-state index contributed by atoms with van der Waals surface area (Å²) in [5.74, 6) is 0.282. The number of likely N-dealkylation sites (tertiary alicyclic amines) is 2. The van der Waals surface area contributed by atoms with Crippen molar-refractivity contribution in [3.63, 3.8) is 0 Å². The number of β-amino-alcohol motifs (C(OH)–C–C–N with tert-alkyl or cyclic N) is 1. The van der Waals surface area contributed by atoms with Crippen LogP contribution in [0.3, 0.4) is 0 Å². The molecule has 0 aromatic rings. The molecule has 2 heterocycles. The summed E-state index contributed by atoms with van der Waals surface area (Å²) in [7, 11) is 0. The molecule has 2 fully saturated rings. The lowest BCUT2D eigenvalue weighted by Gasteiger charge is -2.25. The summed E-state index contributed by atoms with van der Waals surface area (Å²) in [6.45, 7) is 7.88. The van der Waals surface area contributed by atoms with Gasteiger partial charge in [-0.05, 0) is 33.1 Å². The van der Waals surface area contributed by atoms with Crippen molar-refractivity contribution in [2.45, 2.75) is 45.3 Å². The number of aliphatic hydroxyl groups is 1. The van der Waals surface area contributed by atoms with Crippen molar-refractivity contribution in [3.8, 4) is 0 Å². The Balaban J connectivity index is 1.81. The van der Waals surface area contributed by atoms with E-state index in [9.17, 15) is 14.7 Å². The monoisotopic (exact) mass is 284 g/mol. The molecule has 0 saturated carbocycles. The second kappa shape index (κ2) is 5.60. The maximum atomic E-state index is 11.9. The highest BCUT2D eigenvalue weighted by molar-refractivity contribution is 5.79. The van der Waals surface area contributed by atoms with E-state index in [4.69, 9.17) is 4.74 Å². The Kier molecular flexibility index (Phi) is 4.22. The quantitative estimate of drug-likeness (QED) is 0.815. The van der Waals surface area contributed by atoms with Gasteiger partial charge in [0.1, 0.15) is 5.60 Å². The standard InChI is InChI=1S/C14H24N2O4/c1-14(2,3)20-13(19)15-5-4-10(7-15)8-16-9-11(17)6-12(16)18/h10-11,17H,4-9H2,1-3H3/t10-,11?/m0/s1. The lowest BCUT2D eigenvalue weighted by atomic mass is 10.1. The fourth-order valence-electron chi connectivity index (χ4n) is 2.71. The first-order valence-electron chi connectivity index (χ1n) is 7.18. The molecular formula is C14H24N2O4. The molecule has 20 heavy (non-hydrogen) atoms. The maximum absolute atomic E-state index is 11.9. The van der Waals surface area contributed by atoms with E-state index in [-0.39, 0.29) is 24.3 Å². The van der Waals surface area contributed by atoms with Gasteiger partial charge in [0.15, 0.2) is 0 Å². The van der Waals surface area contributed by atoms with E-state index in [1.165, 1.54) is 0 Å². The molecular weight excluding hydrogens is 260 g/mol. The van der Waals surface area contributed by atoms with Crippen molar-refractivity contribution in [2.75, 3.05) is 26.2 Å². The van der Waals surface area contributed by atoms with Gasteiger partial charge in [0.25, 0.3) is 0 Å². The normalized spacial score (nSPS) is 27.3. The number of carbonyl (C=O) groups is 2. The molecule has 2 aliphatic rings. The largest absolute Gasteiger partial charge is 0.444 e. The van der Waals surface area contributed by atoms with Crippen LogP contribution < -0.4 is 0 Å². The van der Waals surface area contributed by atoms with E-state index in [0.29, 0.717) is 26.2 Å². The summed E-state index contributed by atoms with van der Waals surface area (Å²) in [6.07, 6.45) is 0.278. The van der Waals surface area contributed by atoms with Crippen LogP contribution in [0.5, 0.6) is 0 Å². The van der Waals surface area contributed by atoms with Crippen molar-refractivity contribution in [3.05, 3.63) is 0 Å². The van der Waals surface area contributed by atoms with Crippen LogP contribution in [0.4, 0.5) is 4.79 Å².